The number of anilines is 1. The van der Waals surface area contributed by atoms with E-state index in [2.05, 4.69) is 10.3 Å². The molecule has 0 atom stereocenters. The van der Waals surface area contributed by atoms with E-state index in [0.717, 1.165) is 4.88 Å². The van der Waals surface area contributed by atoms with Crippen molar-refractivity contribution in [3.05, 3.63) is 39.8 Å². The quantitative estimate of drug-likeness (QED) is 0.877. The average Bonchev–Trinajstić information content (AvgIpc) is 2.72. The zero-order valence-corrected chi connectivity index (χ0v) is 12.1. The fourth-order valence-corrected chi connectivity index (χ4v) is 3.34. The normalized spacial score (nSPS) is 11.4. The molecule has 0 spiro atoms. The number of hydrogen-bond donors (Lipinski definition) is 1. The summed E-state index contributed by atoms with van der Waals surface area (Å²) in [6, 6.07) is 6.44. The minimum Gasteiger partial charge on any atom is -0.379 e. The first kappa shape index (κ1) is 13.6. The number of nitrogens with zero attached hydrogens (tertiary/aromatic N) is 1. The minimum atomic E-state index is -3.76. The van der Waals surface area contributed by atoms with Gasteiger partial charge in [0.15, 0.2) is 4.47 Å². The number of aromatic nitrogens is 1. The van der Waals surface area contributed by atoms with Crippen LogP contribution in [0.2, 0.25) is 4.47 Å². The van der Waals surface area contributed by atoms with Gasteiger partial charge in [-0.15, -0.1) is 11.3 Å². The number of rotatable bonds is 4. The summed E-state index contributed by atoms with van der Waals surface area (Å²) in [6.45, 7) is 0.438. The molecule has 4 nitrogen and oxygen atoms in total. The third kappa shape index (κ3) is 3.35. The van der Waals surface area contributed by atoms with E-state index in [-0.39, 0.29) is 4.90 Å². The zero-order valence-electron chi connectivity index (χ0n) is 8.93. The fraction of sp³-hybridized carbons (Fsp3) is 0.100. The lowest BCUT2D eigenvalue weighted by molar-refractivity contribution is 0.610. The van der Waals surface area contributed by atoms with Gasteiger partial charge in [0.2, 0.25) is 0 Å². The van der Waals surface area contributed by atoms with Crippen molar-refractivity contribution in [3.8, 4) is 0 Å². The van der Waals surface area contributed by atoms with Gasteiger partial charge >= 0.3 is 0 Å². The highest BCUT2D eigenvalue weighted by Crippen LogP contribution is 2.25. The van der Waals surface area contributed by atoms with Crippen molar-refractivity contribution < 1.29 is 8.42 Å². The maximum Gasteiger partial charge on any atom is 0.263 e. The van der Waals surface area contributed by atoms with Crippen LogP contribution in [0, 0.1) is 0 Å². The number of para-hydroxylation sites is 1. The summed E-state index contributed by atoms with van der Waals surface area (Å²) in [6.07, 6.45) is 1.64. The van der Waals surface area contributed by atoms with Crippen molar-refractivity contribution in [1.82, 2.24) is 4.98 Å². The molecule has 2 aromatic rings. The van der Waals surface area contributed by atoms with Gasteiger partial charge in [-0.3, -0.25) is 0 Å². The van der Waals surface area contributed by atoms with E-state index in [9.17, 15) is 8.42 Å². The molecule has 2 rings (SSSR count). The van der Waals surface area contributed by atoms with Gasteiger partial charge < -0.3 is 5.32 Å². The van der Waals surface area contributed by atoms with Crippen molar-refractivity contribution in [2.45, 2.75) is 11.4 Å². The van der Waals surface area contributed by atoms with Gasteiger partial charge in [-0.25, -0.2) is 13.4 Å². The van der Waals surface area contributed by atoms with Crippen LogP contribution in [0.3, 0.4) is 0 Å². The van der Waals surface area contributed by atoms with Crippen molar-refractivity contribution in [2.24, 2.45) is 0 Å². The van der Waals surface area contributed by atoms with Crippen molar-refractivity contribution in [3.63, 3.8) is 0 Å². The van der Waals surface area contributed by atoms with E-state index in [1.807, 2.05) is 0 Å². The van der Waals surface area contributed by atoms with E-state index in [1.54, 1.807) is 24.4 Å². The van der Waals surface area contributed by atoms with E-state index in [1.165, 1.54) is 17.4 Å². The first-order chi connectivity index (χ1) is 8.47. The second kappa shape index (κ2) is 5.44. The highest BCUT2D eigenvalue weighted by atomic mass is 35.7. The maximum atomic E-state index is 11.4. The molecule has 0 saturated carbocycles. The Bertz CT molecular complexity index is 655. The van der Waals surface area contributed by atoms with Gasteiger partial charge in [0, 0.05) is 21.8 Å². The van der Waals surface area contributed by atoms with Crippen LogP contribution in [-0.4, -0.2) is 13.4 Å². The summed E-state index contributed by atoms with van der Waals surface area (Å²) in [5.74, 6) is 0. The number of thiazole rings is 1. The third-order valence-corrected chi connectivity index (χ3v) is 4.62. The molecule has 1 aromatic carbocycles. The molecule has 0 unspecified atom stereocenters. The van der Waals surface area contributed by atoms with Gasteiger partial charge in [0.25, 0.3) is 9.05 Å². The van der Waals surface area contributed by atoms with Crippen LogP contribution in [0.25, 0.3) is 0 Å². The van der Waals surface area contributed by atoms with E-state index in [4.69, 9.17) is 22.3 Å². The highest BCUT2D eigenvalue weighted by Gasteiger charge is 2.14. The minimum absolute atomic E-state index is 0.0577. The summed E-state index contributed by atoms with van der Waals surface area (Å²) in [7, 11) is 1.59. The molecule has 0 aliphatic heterocycles. The molecular weight excluding hydrogens is 315 g/mol. The first-order valence-corrected chi connectivity index (χ1v) is 8.35. The molecule has 0 saturated heterocycles. The Kier molecular flexibility index (Phi) is 4.11. The van der Waals surface area contributed by atoms with Crippen LogP contribution in [0.1, 0.15) is 4.88 Å². The Morgan fingerprint density at radius 3 is 2.67 bits per heavy atom. The standard InChI is InChI=1S/C10H8Cl2N2O2S2/c11-10-14-6-7(17-10)5-13-8-3-1-2-4-9(8)18(12,15)16/h1-4,6,13H,5H2. The van der Waals surface area contributed by atoms with Gasteiger partial charge in [-0.05, 0) is 12.1 Å². The second-order valence-electron chi connectivity index (χ2n) is 3.37. The molecule has 0 aliphatic rings. The Hall–Kier alpha value is -0.820. The number of halogens is 2. The Morgan fingerprint density at radius 1 is 1.33 bits per heavy atom. The Morgan fingerprint density at radius 2 is 2.06 bits per heavy atom. The lowest BCUT2D eigenvalue weighted by atomic mass is 10.3. The molecule has 1 N–H and O–H groups in total. The largest absolute Gasteiger partial charge is 0.379 e. The van der Waals surface area contributed by atoms with Crippen LogP contribution in [0.4, 0.5) is 5.69 Å². The van der Waals surface area contributed by atoms with Crippen LogP contribution >= 0.6 is 33.6 Å². The van der Waals surface area contributed by atoms with E-state index < -0.39 is 9.05 Å². The third-order valence-electron chi connectivity index (χ3n) is 2.13. The number of hydrogen-bond acceptors (Lipinski definition) is 5. The van der Waals surface area contributed by atoms with Gasteiger partial charge in [0.1, 0.15) is 4.90 Å². The van der Waals surface area contributed by atoms with E-state index >= 15 is 0 Å². The lowest BCUT2D eigenvalue weighted by Crippen LogP contribution is -2.02. The van der Waals surface area contributed by atoms with E-state index in [0.29, 0.717) is 16.7 Å². The SMILES string of the molecule is O=S(=O)(Cl)c1ccccc1NCc1cnc(Cl)s1. The molecule has 96 valence electrons. The molecule has 0 radical (unpaired) electrons. The highest BCUT2D eigenvalue weighted by molar-refractivity contribution is 8.13. The smallest absolute Gasteiger partial charge is 0.263 e. The van der Waals surface area contributed by atoms with Crippen molar-refractivity contribution in [1.29, 1.82) is 0 Å². The van der Waals surface area contributed by atoms with Gasteiger partial charge in [0.05, 0.1) is 12.2 Å². The number of benzene rings is 1. The van der Waals surface area contributed by atoms with Crippen LogP contribution < -0.4 is 5.32 Å². The summed E-state index contributed by atoms with van der Waals surface area (Å²) in [5.41, 5.74) is 0.456. The predicted molar refractivity (Wildman–Crippen MR) is 73.9 cm³/mol. The Balaban J connectivity index is 2.20. The topological polar surface area (TPSA) is 59.1 Å². The average molecular weight is 323 g/mol. The van der Waals surface area contributed by atoms with Gasteiger partial charge in [-0.1, -0.05) is 23.7 Å². The van der Waals surface area contributed by atoms with Gasteiger partial charge in [-0.2, -0.15) is 0 Å². The van der Waals surface area contributed by atoms with Crippen LogP contribution in [0.5, 0.6) is 0 Å². The summed E-state index contributed by atoms with van der Waals surface area (Å²) >= 11 is 7.04. The van der Waals surface area contributed by atoms with Crippen LogP contribution in [0.15, 0.2) is 35.4 Å². The summed E-state index contributed by atoms with van der Waals surface area (Å²) in [5, 5.41) is 3.00. The fourth-order valence-electron chi connectivity index (χ4n) is 1.37. The van der Waals surface area contributed by atoms with Crippen molar-refractivity contribution in [2.75, 3.05) is 5.32 Å². The molecule has 18 heavy (non-hydrogen) atoms. The molecule has 1 aromatic heterocycles. The zero-order chi connectivity index (χ0) is 13.2. The molecule has 0 bridgehead atoms. The molecule has 0 aliphatic carbocycles. The lowest BCUT2D eigenvalue weighted by Gasteiger charge is -2.08. The van der Waals surface area contributed by atoms with Crippen molar-refractivity contribution >= 4 is 48.4 Å². The molecular formula is C10H8Cl2N2O2S2. The second-order valence-corrected chi connectivity index (χ2v) is 7.60. The predicted octanol–water partition coefficient (Wildman–Crippen LogP) is 3.34. The molecule has 8 heteroatoms. The Labute approximate surface area is 118 Å². The summed E-state index contributed by atoms with van der Waals surface area (Å²) in [4.78, 5) is 4.86. The molecule has 0 fully saturated rings. The number of nitrogens with one attached hydrogen (secondary N) is 1. The monoisotopic (exact) mass is 322 g/mol. The maximum absolute atomic E-state index is 11.4. The molecule has 1 heterocycles. The van der Waals surface area contributed by atoms with Crippen LogP contribution in [-0.2, 0) is 15.6 Å². The summed E-state index contributed by atoms with van der Waals surface area (Å²) < 4.78 is 23.2. The molecule has 0 amide bonds. The first-order valence-electron chi connectivity index (χ1n) is 4.84.